The zero-order chi connectivity index (χ0) is 11.4. The summed E-state index contributed by atoms with van der Waals surface area (Å²) in [4.78, 5) is 2.45. The second-order valence-electron chi connectivity index (χ2n) is 3.34. The lowest BCUT2D eigenvalue weighted by Gasteiger charge is -2.15. The summed E-state index contributed by atoms with van der Waals surface area (Å²) in [6.45, 7) is 3.16. The van der Waals surface area contributed by atoms with Crippen LogP contribution in [0.4, 0.5) is 0 Å². The number of aromatic nitrogens is 2. The van der Waals surface area contributed by atoms with Gasteiger partial charge < -0.3 is 5.32 Å². The maximum Gasteiger partial charge on any atom is 0.0808 e. The summed E-state index contributed by atoms with van der Waals surface area (Å²) in [6, 6.07) is 2.30. The van der Waals surface area contributed by atoms with E-state index in [1.807, 2.05) is 6.20 Å². The first-order chi connectivity index (χ1) is 7.83. The number of hydrogen-bond acceptors (Lipinski definition) is 5. The summed E-state index contributed by atoms with van der Waals surface area (Å²) in [5, 5.41) is 9.53. The number of halogens is 1. The summed E-state index contributed by atoms with van der Waals surface area (Å²) in [6.07, 6.45) is 2.95. The summed E-state index contributed by atoms with van der Waals surface area (Å²) in [5.74, 6) is 0. The van der Waals surface area contributed by atoms with Crippen LogP contribution in [0.5, 0.6) is 0 Å². The van der Waals surface area contributed by atoms with Crippen LogP contribution < -0.4 is 5.32 Å². The van der Waals surface area contributed by atoms with Crippen molar-refractivity contribution in [1.29, 1.82) is 0 Å². The molecule has 0 fully saturated rings. The van der Waals surface area contributed by atoms with Gasteiger partial charge in [-0.25, -0.2) is 0 Å². The summed E-state index contributed by atoms with van der Waals surface area (Å²) >= 11 is 6.78. The monoisotopic (exact) mass is 317 g/mol. The van der Waals surface area contributed by atoms with Crippen LogP contribution >= 0.6 is 38.8 Å². The number of nitrogens with zero attached hydrogens (tertiary/aromatic N) is 2. The van der Waals surface area contributed by atoms with Gasteiger partial charge in [-0.3, -0.25) is 0 Å². The fourth-order valence-corrected chi connectivity index (χ4v) is 3.78. The van der Waals surface area contributed by atoms with Crippen LogP contribution in [0.15, 0.2) is 22.1 Å². The van der Waals surface area contributed by atoms with E-state index in [9.17, 15) is 0 Å². The minimum atomic E-state index is 0.217. The highest BCUT2D eigenvalue weighted by Crippen LogP contribution is 2.33. The lowest BCUT2D eigenvalue weighted by atomic mass is 10.2. The fourth-order valence-electron chi connectivity index (χ4n) is 1.42. The molecule has 1 N–H and O–H groups in total. The van der Waals surface area contributed by atoms with Crippen molar-refractivity contribution in [2.45, 2.75) is 19.4 Å². The lowest BCUT2D eigenvalue weighted by molar-refractivity contribution is 0.611. The molecular formula is C10H12BrN3S2. The minimum Gasteiger partial charge on any atom is -0.305 e. The predicted molar refractivity (Wildman–Crippen MR) is 72.1 cm³/mol. The number of nitrogens with one attached hydrogen (secondary N) is 1. The summed E-state index contributed by atoms with van der Waals surface area (Å²) in [7, 11) is 0. The SMILES string of the molecule is CCCNC(c1cnns1)c1sccc1Br. The molecule has 0 radical (unpaired) electrons. The zero-order valence-corrected chi connectivity index (χ0v) is 12.0. The molecule has 2 aromatic rings. The largest absolute Gasteiger partial charge is 0.305 e. The molecule has 0 spiro atoms. The number of rotatable bonds is 5. The Morgan fingerprint density at radius 3 is 3.00 bits per heavy atom. The van der Waals surface area contributed by atoms with Gasteiger partial charge in [0, 0.05) is 9.35 Å². The molecule has 2 rings (SSSR count). The van der Waals surface area contributed by atoms with E-state index in [2.05, 4.69) is 49.2 Å². The Kier molecular flexibility index (Phi) is 4.45. The first-order valence-electron chi connectivity index (χ1n) is 5.06. The fraction of sp³-hybridized carbons (Fsp3) is 0.400. The topological polar surface area (TPSA) is 37.8 Å². The molecule has 2 aromatic heterocycles. The number of thiophene rings is 1. The van der Waals surface area contributed by atoms with Crippen LogP contribution in [0.2, 0.25) is 0 Å². The van der Waals surface area contributed by atoms with Gasteiger partial charge in [-0.1, -0.05) is 11.4 Å². The van der Waals surface area contributed by atoms with Crippen molar-refractivity contribution >= 4 is 38.8 Å². The second kappa shape index (κ2) is 5.86. The van der Waals surface area contributed by atoms with Gasteiger partial charge in [0.15, 0.2) is 0 Å². The van der Waals surface area contributed by atoms with E-state index in [-0.39, 0.29) is 6.04 Å². The van der Waals surface area contributed by atoms with Crippen LogP contribution in [0, 0.1) is 0 Å². The van der Waals surface area contributed by atoms with E-state index in [0.717, 1.165) is 22.3 Å². The molecule has 0 saturated carbocycles. The molecule has 0 aliphatic heterocycles. The summed E-state index contributed by atoms with van der Waals surface area (Å²) < 4.78 is 5.08. The molecule has 0 saturated heterocycles. The third kappa shape index (κ3) is 2.68. The first-order valence-corrected chi connectivity index (χ1v) is 7.51. The van der Waals surface area contributed by atoms with Gasteiger partial charge in [0.1, 0.15) is 0 Å². The standard InChI is InChI=1S/C10H12BrN3S2/c1-2-4-12-9(8-6-13-14-16-8)10-7(11)3-5-15-10/h3,5-6,9,12H,2,4H2,1H3. The van der Waals surface area contributed by atoms with Crippen molar-refractivity contribution in [3.63, 3.8) is 0 Å². The van der Waals surface area contributed by atoms with E-state index in [4.69, 9.17) is 0 Å². The molecule has 2 heterocycles. The van der Waals surface area contributed by atoms with Crippen molar-refractivity contribution in [2.75, 3.05) is 6.54 Å². The Morgan fingerprint density at radius 1 is 1.56 bits per heavy atom. The maximum absolute atomic E-state index is 3.93. The van der Waals surface area contributed by atoms with Gasteiger partial charge in [-0.05, 0) is 51.9 Å². The normalized spacial score (nSPS) is 12.9. The van der Waals surface area contributed by atoms with Crippen LogP contribution in [0.3, 0.4) is 0 Å². The van der Waals surface area contributed by atoms with Gasteiger partial charge >= 0.3 is 0 Å². The molecule has 0 aromatic carbocycles. The highest BCUT2D eigenvalue weighted by Gasteiger charge is 2.19. The van der Waals surface area contributed by atoms with Crippen LogP contribution in [0.1, 0.15) is 29.1 Å². The molecule has 16 heavy (non-hydrogen) atoms. The molecule has 0 aliphatic rings. The molecule has 3 nitrogen and oxygen atoms in total. The minimum absolute atomic E-state index is 0.217. The molecule has 0 amide bonds. The first kappa shape index (κ1) is 12.2. The van der Waals surface area contributed by atoms with Gasteiger partial charge in [0.05, 0.1) is 17.1 Å². The van der Waals surface area contributed by atoms with Gasteiger partial charge in [-0.15, -0.1) is 16.4 Å². The molecule has 0 bridgehead atoms. The molecule has 0 aliphatic carbocycles. The van der Waals surface area contributed by atoms with E-state index in [1.165, 1.54) is 16.4 Å². The second-order valence-corrected chi connectivity index (χ2v) is 5.96. The Balaban J connectivity index is 2.25. The Morgan fingerprint density at radius 2 is 2.44 bits per heavy atom. The highest BCUT2D eigenvalue weighted by molar-refractivity contribution is 9.10. The highest BCUT2D eigenvalue weighted by atomic mass is 79.9. The molecular weight excluding hydrogens is 306 g/mol. The number of hydrogen-bond donors (Lipinski definition) is 1. The quantitative estimate of drug-likeness (QED) is 0.917. The van der Waals surface area contributed by atoms with Gasteiger partial charge in [0.2, 0.25) is 0 Å². The predicted octanol–water partition coefficient (Wildman–Crippen LogP) is 3.45. The van der Waals surface area contributed by atoms with Gasteiger partial charge in [0.25, 0.3) is 0 Å². The van der Waals surface area contributed by atoms with Crippen molar-refractivity contribution in [3.05, 3.63) is 31.9 Å². The smallest absolute Gasteiger partial charge is 0.0808 e. The molecule has 1 unspecified atom stereocenters. The van der Waals surface area contributed by atoms with Crippen LogP contribution in [-0.2, 0) is 0 Å². The van der Waals surface area contributed by atoms with Gasteiger partial charge in [-0.2, -0.15) is 0 Å². The Bertz CT molecular complexity index is 427. The molecule has 6 heteroatoms. The Labute approximate surface area is 111 Å². The van der Waals surface area contributed by atoms with E-state index in [0.29, 0.717) is 0 Å². The van der Waals surface area contributed by atoms with Crippen LogP contribution in [0.25, 0.3) is 0 Å². The third-order valence-electron chi connectivity index (χ3n) is 2.17. The molecule has 1 atom stereocenters. The average molecular weight is 318 g/mol. The zero-order valence-electron chi connectivity index (χ0n) is 8.81. The Hall–Kier alpha value is -0.300. The maximum atomic E-state index is 3.93. The van der Waals surface area contributed by atoms with Crippen molar-refractivity contribution < 1.29 is 0 Å². The lowest BCUT2D eigenvalue weighted by Crippen LogP contribution is -2.21. The van der Waals surface area contributed by atoms with Crippen LogP contribution in [-0.4, -0.2) is 16.1 Å². The summed E-state index contributed by atoms with van der Waals surface area (Å²) in [5.41, 5.74) is 0. The van der Waals surface area contributed by atoms with E-state index >= 15 is 0 Å². The average Bonchev–Trinajstić information content (AvgIpc) is 2.91. The van der Waals surface area contributed by atoms with Crippen molar-refractivity contribution in [2.24, 2.45) is 0 Å². The third-order valence-corrected chi connectivity index (χ3v) is 4.83. The van der Waals surface area contributed by atoms with E-state index < -0.39 is 0 Å². The van der Waals surface area contributed by atoms with Crippen molar-refractivity contribution in [1.82, 2.24) is 14.9 Å². The van der Waals surface area contributed by atoms with Crippen molar-refractivity contribution in [3.8, 4) is 0 Å². The molecule has 86 valence electrons. The van der Waals surface area contributed by atoms with E-state index in [1.54, 1.807) is 11.3 Å².